The Morgan fingerprint density at radius 2 is 1.66 bits per heavy atom. The van der Waals surface area contributed by atoms with Crippen LogP contribution in [0.25, 0.3) is 22.0 Å². The van der Waals surface area contributed by atoms with E-state index in [2.05, 4.69) is 20.4 Å². The highest BCUT2D eigenvalue weighted by molar-refractivity contribution is 6.08. The van der Waals surface area contributed by atoms with Gasteiger partial charge in [0.15, 0.2) is 0 Å². The van der Waals surface area contributed by atoms with Crippen molar-refractivity contribution in [3.05, 3.63) is 84.6 Å². The number of alkyl halides is 2. The predicted octanol–water partition coefficient (Wildman–Crippen LogP) is 6.43. The van der Waals surface area contributed by atoms with Crippen LogP contribution in [0.15, 0.2) is 72.9 Å². The SMILES string of the molecule is O=C(Nc1ccc(F)cc1F)Nc1cnc2ccc(OC(F)F)cc2c1-c1ccccc1. The van der Waals surface area contributed by atoms with Crippen LogP contribution in [-0.4, -0.2) is 17.6 Å². The first-order valence-corrected chi connectivity index (χ1v) is 9.37. The standard InChI is InChI=1S/C23H15F4N3O2/c24-14-6-8-19(17(25)10-14)29-23(31)30-20-12-28-18-9-7-15(32-22(26)27)11-16(18)21(20)13-4-2-1-3-5-13/h1-12,22H,(H2,29,30,31). The number of ether oxygens (including phenoxy) is 1. The van der Waals surface area contributed by atoms with E-state index in [-0.39, 0.29) is 17.1 Å². The molecule has 4 aromatic rings. The zero-order valence-electron chi connectivity index (χ0n) is 16.3. The third-order valence-electron chi connectivity index (χ3n) is 4.55. The number of fused-ring (bicyclic) bond motifs is 1. The fourth-order valence-electron chi connectivity index (χ4n) is 3.23. The van der Waals surface area contributed by atoms with Gasteiger partial charge in [0, 0.05) is 17.0 Å². The lowest BCUT2D eigenvalue weighted by molar-refractivity contribution is -0.0497. The van der Waals surface area contributed by atoms with Crippen LogP contribution in [0.1, 0.15) is 0 Å². The summed E-state index contributed by atoms with van der Waals surface area (Å²) in [6, 6.07) is 15.2. The van der Waals surface area contributed by atoms with E-state index in [4.69, 9.17) is 0 Å². The van der Waals surface area contributed by atoms with Gasteiger partial charge in [0.1, 0.15) is 17.4 Å². The zero-order valence-corrected chi connectivity index (χ0v) is 16.3. The third kappa shape index (κ3) is 4.61. The Morgan fingerprint density at radius 1 is 0.906 bits per heavy atom. The van der Waals surface area contributed by atoms with Crippen molar-refractivity contribution in [3.8, 4) is 16.9 Å². The van der Waals surface area contributed by atoms with E-state index in [1.807, 2.05) is 0 Å². The number of anilines is 2. The van der Waals surface area contributed by atoms with Crippen molar-refractivity contribution in [2.45, 2.75) is 6.61 Å². The quantitative estimate of drug-likeness (QED) is 0.351. The van der Waals surface area contributed by atoms with E-state index in [0.717, 1.165) is 12.1 Å². The van der Waals surface area contributed by atoms with Gasteiger partial charge in [0.2, 0.25) is 0 Å². The van der Waals surface area contributed by atoms with Gasteiger partial charge in [-0.25, -0.2) is 13.6 Å². The summed E-state index contributed by atoms with van der Waals surface area (Å²) in [7, 11) is 0. The first-order valence-electron chi connectivity index (χ1n) is 9.37. The van der Waals surface area contributed by atoms with Crippen LogP contribution in [0.5, 0.6) is 5.75 Å². The summed E-state index contributed by atoms with van der Waals surface area (Å²) in [5, 5.41) is 5.36. The number of nitrogens with one attached hydrogen (secondary N) is 2. The number of hydrogen-bond donors (Lipinski definition) is 2. The van der Waals surface area contributed by atoms with Crippen LogP contribution in [0.4, 0.5) is 33.7 Å². The highest BCUT2D eigenvalue weighted by atomic mass is 19.3. The van der Waals surface area contributed by atoms with Gasteiger partial charge in [0.25, 0.3) is 0 Å². The molecule has 0 aliphatic heterocycles. The largest absolute Gasteiger partial charge is 0.435 e. The van der Waals surface area contributed by atoms with Crippen molar-refractivity contribution in [3.63, 3.8) is 0 Å². The summed E-state index contributed by atoms with van der Waals surface area (Å²) in [6.45, 7) is -3.00. The molecule has 9 heteroatoms. The number of halogens is 4. The van der Waals surface area contributed by atoms with E-state index in [0.29, 0.717) is 28.1 Å². The Hall–Kier alpha value is -4.14. The molecule has 4 rings (SSSR count). The monoisotopic (exact) mass is 441 g/mol. The minimum Gasteiger partial charge on any atom is -0.435 e. The predicted molar refractivity (Wildman–Crippen MR) is 113 cm³/mol. The fraction of sp³-hybridized carbons (Fsp3) is 0.0435. The Labute approximate surface area is 179 Å². The van der Waals surface area contributed by atoms with Crippen molar-refractivity contribution < 1.29 is 27.1 Å². The highest BCUT2D eigenvalue weighted by Gasteiger charge is 2.16. The fourth-order valence-corrected chi connectivity index (χ4v) is 3.23. The molecule has 1 heterocycles. The van der Waals surface area contributed by atoms with E-state index < -0.39 is 24.3 Å². The van der Waals surface area contributed by atoms with Crippen molar-refractivity contribution in [1.82, 2.24) is 4.98 Å². The molecule has 1 aromatic heterocycles. The number of carbonyl (C=O) groups excluding carboxylic acids is 1. The van der Waals surface area contributed by atoms with Crippen LogP contribution in [-0.2, 0) is 0 Å². The molecule has 0 saturated heterocycles. The van der Waals surface area contributed by atoms with Crippen molar-refractivity contribution in [2.24, 2.45) is 0 Å². The van der Waals surface area contributed by atoms with Gasteiger partial charge < -0.3 is 15.4 Å². The van der Waals surface area contributed by atoms with Crippen LogP contribution in [0, 0.1) is 11.6 Å². The number of nitrogens with zero attached hydrogens (tertiary/aromatic N) is 1. The van der Waals surface area contributed by atoms with E-state index in [9.17, 15) is 22.4 Å². The van der Waals surface area contributed by atoms with Crippen molar-refractivity contribution in [1.29, 1.82) is 0 Å². The van der Waals surface area contributed by atoms with Gasteiger partial charge in [-0.2, -0.15) is 8.78 Å². The Kier molecular flexibility index (Phi) is 5.89. The second kappa shape index (κ2) is 8.93. The maximum absolute atomic E-state index is 13.9. The average Bonchev–Trinajstić information content (AvgIpc) is 2.75. The van der Waals surface area contributed by atoms with Crippen LogP contribution >= 0.6 is 0 Å². The van der Waals surface area contributed by atoms with E-state index >= 15 is 0 Å². The van der Waals surface area contributed by atoms with Crippen LogP contribution in [0.2, 0.25) is 0 Å². The molecule has 0 radical (unpaired) electrons. The lowest BCUT2D eigenvalue weighted by Crippen LogP contribution is -2.20. The summed E-state index contributed by atoms with van der Waals surface area (Å²) >= 11 is 0. The molecule has 2 N–H and O–H groups in total. The lowest BCUT2D eigenvalue weighted by Gasteiger charge is -2.15. The van der Waals surface area contributed by atoms with Crippen LogP contribution in [0.3, 0.4) is 0 Å². The van der Waals surface area contributed by atoms with Gasteiger partial charge in [-0.1, -0.05) is 30.3 Å². The Bertz CT molecular complexity index is 1280. The first kappa shape index (κ1) is 21.1. The van der Waals surface area contributed by atoms with Crippen LogP contribution < -0.4 is 15.4 Å². The molecule has 32 heavy (non-hydrogen) atoms. The normalized spacial score (nSPS) is 10.9. The Morgan fingerprint density at radius 3 is 2.38 bits per heavy atom. The average molecular weight is 441 g/mol. The second-order valence-corrected chi connectivity index (χ2v) is 6.67. The Balaban J connectivity index is 1.75. The smallest absolute Gasteiger partial charge is 0.387 e. The highest BCUT2D eigenvalue weighted by Crippen LogP contribution is 2.36. The summed E-state index contributed by atoms with van der Waals surface area (Å²) < 4.78 is 56.9. The molecule has 2 amide bonds. The van der Waals surface area contributed by atoms with Crippen molar-refractivity contribution in [2.75, 3.05) is 10.6 Å². The lowest BCUT2D eigenvalue weighted by atomic mass is 9.99. The minimum absolute atomic E-state index is 0.0681. The minimum atomic E-state index is -3.00. The third-order valence-corrected chi connectivity index (χ3v) is 4.55. The summed E-state index contributed by atoms with van der Waals surface area (Å²) in [6.07, 6.45) is 1.40. The molecule has 0 spiro atoms. The molecule has 162 valence electrons. The number of amides is 2. The molecule has 0 aliphatic rings. The molecule has 5 nitrogen and oxygen atoms in total. The molecule has 0 saturated carbocycles. The molecule has 0 aliphatic carbocycles. The van der Waals surface area contributed by atoms with Gasteiger partial charge in [-0.3, -0.25) is 4.98 Å². The molecule has 0 fully saturated rings. The number of carbonyl (C=O) groups is 1. The second-order valence-electron chi connectivity index (χ2n) is 6.67. The van der Waals surface area contributed by atoms with Gasteiger partial charge >= 0.3 is 12.6 Å². The van der Waals surface area contributed by atoms with Crippen molar-refractivity contribution >= 4 is 28.3 Å². The molecular formula is C23H15F4N3O2. The molecular weight excluding hydrogens is 426 g/mol. The maximum atomic E-state index is 13.9. The molecule has 0 atom stereocenters. The van der Waals surface area contributed by atoms with E-state index in [1.165, 1.54) is 24.4 Å². The molecule has 0 bridgehead atoms. The van der Waals surface area contributed by atoms with Gasteiger partial charge in [-0.05, 0) is 35.9 Å². The van der Waals surface area contributed by atoms with Gasteiger partial charge in [0.05, 0.1) is 23.1 Å². The number of benzene rings is 3. The summed E-state index contributed by atoms with van der Waals surface area (Å²) in [4.78, 5) is 16.8. The topological polar surface area (TPSA) is 63.2 Å². The van der Waals surface area contributed by atoms with E-state index in [1.54, 1.807) is 30.3 Å². The number of pyridine rings is 1. The number of rotatable bonds is 5. The number of hydrogen-bond acceptors (Lipinski definition) is 3. The molecule has 3 aromatic carbocycles. The number of aromatic nitrogens is 1. The summed E-state index contributed by atoms with van der Waals surface area (Å²) in [5.74, 6) is -1.78. The molecule has 0 unspecified atom stereocenters. The zero-order chi connectivity index (χ0) is 22.7. The maximum Gasteiger partial charge on any atom is 0.387 e. The number of urea groups is 1. The van der Waals surface area contributed by atoms with Gasteiger partial charge in [-0.15, -0.1) is 0 Å². The summed E-state index contributed by atoms with van der Waals surface area (Å²) in [5.41, 5.74) is 1.70. The first-order chi connectivity index (χ1) is 15.4.